The van der Waals surface area contributed by atoms with Crippen LogP contribution in [0.5, 0.6) is 11.6 Å². The molecule has 2 amide bonds. The molecule has 0 fully saturated rings. The minimum absolute atomic E-state index is 0.331. The van der Waals surface area contributed by atoms with E-state index in [0.717, 1.165) is 41.8 Å². The summed E-state index contributed by atoms with van der Waals surface area (Å²) < 4.78 is 6.14. The highest BCUT2D eigenvalue weighted by Crippen LogP contribution is 2.36. The normalized spacial score (nSPS) is 12.4. The Morgan fingerprint density at radius 3 is 2.52 bits per heavy atom. The number of amides is 2. The lowest BCUT2D eigenvalue weighted by Gasteiger charge is -2.15. The van der Waals surface area contributed by atoms with Gasteiger partial charge in [0.25, 0.3) is 0 Å². The zero-order valence-electron chi connectivity index (χ0n) is 17.0. The summed E-state index contributed by atoms with van der Waals surface area (Å²) >= 11 is 0. The van der Waals surface area contributed by atoms with E-state index in [-0.39, 0.29) is 6.03 Å². The lowest BCUT2D eigenvalue weighted by molar-refractivity contribution is 0.262. The van der Waals surface area contributed by atoms with Gasteiger partial charge in [-0.3, -0.25) is 0 Å². The van der Waals surface area contributed by atoms with Crippen LogP contribution >= 0.6 is 0 Å². The number of nitrogens with zero attached hydrogens (tertiary/aromatic N) is 1. The van der Waals surface area contributed by atoms with Gasteiger partial charge in [0.05, 0.1) is 0 Å². The summed E-state index contributed by atoms with van der Waals surface area (Å²) in [5.74, 6) is 1.21. The molecule has 0 aliphatic heterocycles. The van der Waals surface area contributed by atoms with Crippen molar-refractivity contribution in [2.24, 2.45) is 0 Å². The van der Waals surface area contributed by atoms with Crippen molar-refractivity contribution in [1.82, 2.24) is 4.98 Å². The number of nitrogens with one attached hydrogen (secondary N) is 2. The minimum Gasteiger partial charge on any atom is -0.437 e. The molecule has 0 bridgehead atoms. The molecule has 3 aromatic rings. The Morgan fingerprint density at radius 1 is 0.966 bits per heavy atom. The first kappa shape index (κ1) is 19.0. The Bertz CT molecular complexity index is 1060. The molecular weight excluding hydrogens is 362 g/mol. The highest BCUT2D eigenvalue weighted by atomic mass is 16.5. The van der Waals surface area contributed by atoms with Gasteiger partial charge in [-0.15, -0.1) is 0 Å². The second kappa shape index (κ2) is 7.95. The molecule has 4 rings (SSSR count). The molecule has 1 heterocycles. The van der Waals surface area contributed by atoms with E-state index in [1.807, 2.05) is 32.0 Å². The number of hydrogen-bond donors (Lipinski definition) is 2. The number of fused-ring (bicyclic) bond motifs is 1. The largest absolute Gasteiger partial charge is 0.437 e. The van der Waals surface area contributed by atoms with Gasteiger partial charge >= 0.3 is 6.03 Å². The fourth-order valence-electron chi connectivity index (χ4n) is 3.95. The smallest absolute Gasteiger partial charge is 0.323 e. The number of aromatic nitrogens is 1. The van der Waals surface area contributed by atoms with Gasteiger partial charge in [0.15, 0.2) is 0 Å². The molecule has 2 N–H and O–H groups in total. The molecule has 0 saturated heterocycles. The number of pyridine rings is 1. The van der Waals surface area contributed by atoms with Gasteiger partial charge in [-0.25, -0.2) is 9.78 Å². The Hall–Kier alpha value is -3.34. The molecule has 0 radical (unpaired) electrons. The predicted octanol–water partition coefficient (Wildman–Crippen LogP) is 5.93. The minimum atomic E-state index is -0.331. The van der Waals surface area contributed by atoms with Crippen molar-refractivity contribution in [3.63, 3.8) is 0 Å². The quantitative estimate of drug-likeness (QED) is 0.583. The summed E-state index contributed by atoms with van der Waals surface area (Å²) in [4.78, 5) is 16.9. The molecule has 1 aliphatic carbocycles. The van der Waals surface area contributed by atoms with Gasteiger partial charge in [-0.05, 0) is 98.2 Å². The van der Waals surface area contributed by atoms with Crippen LogP contribution in [0, 0.1) is 20.8 Å². The van der Waals surface area contributed by atoms with E-state index in [1.54, 1.807) is 18.3 Å². The number of carbonyl (C=O) groups is 1. The molecule has 148 valence electrons. The number of aryl methyl sites for hydroxylation is 3. The molecular formula is C24H25N3O2. The van der Waals surface area contributed by atoms with E-state index >= 15 is 0 Å². The van der Waals surface area contributed by atoms with Crippen LogP contribution in [0.15, 0.2) is 48.7 Å². The van der Waals surface area contributed by atoms with Crippen molar-refractivity contribution in [2.45, 2.75) is 40.0 Å². The van der Waals surface area contributed by atoms with Crippen molar-refractivity contribution < 1.29 is 9.53 Å². The Morgan fingerprint density at radius 2 is 1.72 bits per heavy atom. The Kier molecular flexibility index (Phi) is 5.21. The average molecular weight is 387 g/mol. The van der Waals surface area contributed by atoms with Crippen LogP contribution < -0.4 is 15.4 Å². The summed E-state index contributed by atoms with van der Waals surface area (Å²) in [6, 6.07) is 13.2. The van der Waals surface area contributed by atoms with Gasteiger partial charge in [-0.2, -0.15) is 0 Å². The van der Waals surface area contributed by atoms with Crippen molar-refractivity contribution in [1.29, 1.82) is 0 Å². The number of hydrogen-bond acceptors (Lipinski definition) is 3. The molecule has 0 spiro atoms. The van der Waals surface area contributed by atoms with Crippen molar-refractivity contribution in [3.05, 3.63) is 76.5 Å². The van der Waals surface area contributed by atoms with Crippen molar-refractivity contribution in [3.8, 4) is 11.6 Å². The third-order valence-corrected chi connectivity index (χ3v) is 5.18. The first-order valence-electron chi connectivity index (χ1n) is 9.90. The van der Waals surface area contributed by atoms with E-state index in [2.05, 4.69) is 34.7 Å². The van der Waals surface area contributed by atoms with Gasteiger partial charge in [-0.1, -0.05) is 12.1 Å². The summed E-state index contributed by atoms with van der Waals surface area (Å²) in [6.07, 6.45) is 4.90. The van der Waals surface area contributed by atoms with E-state index < -0.39 is 0 Å². The number of rotatable bonds is 4. The SMILES string of the molecule is Cc1cc(C)cc(NC(=O)Nc2cccnc2Oc2ccc(C)c3c2CCC3)c1. The van der Waals surface area contributed by atoms with Crippen LogP contribution in [0.25, 0.3) is 0 Å². The molecule has 0 saturated carbocycles. The Labute approximate surface area is 171 Å². The monoisotopic (exact) mass is 387 g/mol. The number of anilines is 2. The lowest BCUT2D eigenvalue weighted by atomic mass is 10.0. The summed E-state index contributed by atoms with van der Waals surface area (Å²) in [7, 11) is 0. The summed E-state index contributed by atoms with van der Waals surface area (Å²) in [5, 5.41) is 5.74. The van der Waals surface area contributed by atoms with Crippen LogP contribution in [-0.2, 0) is 12.8 Å². The van der Waals surface area contributed by atoms with Gasteiger partial charge < -0.3 is 15.4 Å². The van der Waals surface area contributed by atoms with Crippen LogP contribution in [0.2, 0.25) is 0 Å². The predicted molar refractivity (Wildman–Crippen MR) is 116 cm³/mol. The average Bonchev–Trinajstić information content (AvgIpc) is 3.15. The van der Waals surface area contributed by atoms with Crippen LogP contribution in [0.4, 0.5) is 16.2 Å². The zero-order chi connectivity index (χ0) is 20.4. The van der Waals surface area contributed by atoms with Crippen LogP contribution in [0.1, 0.15) is 34.2 Å². The molecule has 2 aromatic carbocycles. The van der Waals surface area contributed by atoms with Crippen LogP contribution in [-0.4, -0.2) is 11.0 Å². The number of urea groups is 1. The van der Waals surface area contributed by atoms with E-state index in [1.165, 1.54) is 16.7 Å². The molecule has 5 nitrogen and oxygen atoms in total. The van der Waals surface area contributed by atoms with E-state index in [0.29, 0.717) is 11.6 Å². The molecule has 29 heavy (non-hydrogen) atoms. The summed E-state index contributed by atoms with van der Waals surface area (Å²) in [5.41, 5.74) is 7.40. The van der Waals surface area contributed by atoms with E-state index in [4.69, 9.17) is 4.74 Å². The van der Waals surface area contributed by atoms with Gasteiger partial charge in [0, 0.05) is 11.9 Å². The topological polar surface area (TPSA) is 63.2 Å². The fourth-order valence-corrected chi connectivity index (χ4v) is 3.95. The number of benzene rings is 2. The zero-order valence-corrected chi connectivity index (χ0v) is 17.0. The van der Waals surface area contributed by atoms with Gasteiger partial charge in [0.2, 0.25) is 5.88 Å². The first-order chi connectivity index (χ1) is 14.0. The first-order valence-corrected chi connectivity index (χ1v) is 9.90. The summed E-state index contributed by atoms with van der Waals surface area (Å²) in [6.45, 7) is 6.14. The Balaban J connectivity index is 1.53. The van der Waals surface area contributed by atoms with Crippen LogP contribution in [0.3, 0.4) is 0 Å². The third-order valence-electron chi connectivity index (χ3n) is 5.18. The third kappa shape index (κ3) is 4.24. The highest BCUT2D eigenvalue weighted by Gasteiger charge is 2.19. The lowest BCUT2D eigenvalue weighted by Crippen LogP contribution is -2.20. The highest BCUT2D eigenvalue weighted by molar-refractivity contribution is 6.00. The maximum absolute atomic E-state index is 12.5. The fraction of sp³-hybridized carbons (Fsp3) is 0.250. The van der Waals surface area contributed by atoms with Crippen molar-refractivity contribution in [2.75, 3.05) is 10.6 Å². The molecule has 0 unspecified atom stereocenters. The van der Waals surface area contributed by atoms with E-state index in [9.17, 15) is 4.79 Å². The van der Waals surface area contributed by atoms with Gasteiger partial charge in [0.1, 0.15) is 11.4 Å². The maximum atomic E-state index is 12.5. The van der Waals surface area contributed by atoms with Crippen molar-refractivity contribution >= 4 is 17.4 Å². The second-order valence-electron chi connectivity index (χ2n) is 7.60. The molecule has 1 aromatic heterocycles. The molecule has 0 atom stereocenters. The standard InChI is InChI=1S/C24H25N3O2/c1-15-12-16(2)14-18(13-15)26-24(28)27-21-8-5-11-25-23(21)29-22-10-9-17(3)19-6-4-7-20(19)22/h5,8-14H,4,6-7H2,1-3H3,(H2,26,27,28). The maximum Gasteiger partial charge on any atom is 0.323 e. The number of carbonyl (C=O) groups excluding carboxylic acids is 1. The number of ether oxygens (including phenoxy) is 1. The molecule has 1 aliphatic rings. The molecule has 5 heteroatoms. The second-order valence-corrected chi connectivity index (χ2v) is 7.60.